The zero-order valence-corrected chi connectivity index (χ0v) is 16.6. The molecule has 2 bridgehead atoms. The molecule has 0 aliphatic carbocycles. The SMILES string of the molecule is COc1ccnc(NC(=O)N2c3nc(C(=O)CCC(F)(F)F)ccc3N3CC[C@H]2C3)c1. The van der Waals surface area contributed by atoms with E-state index in [2.05, 4.69) is 15.3 Å². The fraction of sp³-hybridized carbons (Fsp3) is 0.400. The molecule has 8 nitrogen and oxygen atoms in total. The lowest BCUT2D eigenvalue weighted by Crippen LogP contribution is -2.48. The lowest BCUT2D eigenvalue weighted by molar-refractivity contribution is -0.133. The third-order valence-corrected chi connectivity index (χ3v) is 5.29. The minimum atomic E-state index is -4.43. The number of anilines is 3. The summed E-state index contributed by atoms with van der Waals surface area (Å²) in [5.74, 6) is 0.339. The molecule has 164 valence electrons. The number of hydrogen-bond acceptors (Lipinski definition) is 6. The predicted octanol–water partition coefficient (Wildman–Crippen LogP) is 3.64. The molecule has 1 fully saturated rings. The molecule has 0 spiro atoms. The van der Waals surface area contributed by atoms with E-state index in [-0.39, 0.29) is 23.4 Å². The molecule has 0 radical (unpaired) electrons. The fourth-order valence-electron chi connectivity index (χ4n) is 3.79. The summed E-state index contributed by atoms with van der Waals surface area (Å²) in [6.07, 6.45) is -4.14. The van der Waals surface area contributed by atoms with Crippen LogP contribution in [0.5, 0.6) is 5.75 Å². The molecule has 0 saturated carbocycles. The molecule has 2 aromatic heterocycles. The van der Waals surface area contributed by atoms with E-state index in [0.29, 0.717) is 30.9 Å². The Kier molecular flexibility index (Phi) is 5.42. The van der Waals surface area contributed by atoms with Crippen molar-refractivity contribution >= 4 is 29.1 Å². The molecule has 4 heterocycles. The van der Waals surface area contributed by atoms with E-state index in [1.54, 1.807) is 18.2 Å². The van der Waals surface area contributed by atoms with Crippen LogP contribution in [-0.2, 0) is 0 Å². The summed E-state index contributed by atoms with van der Waals surface area (Å²) in [4.78, 5) is 37.3. The van der Waals surface area contributed by atoms with E-state index < -0.39 is 30.8 Å². The molecule has 2 aromatic rings. The number of halogens is 3. The summed E-state index contributed by atoms with van der Waals surface area (Å²) in [7, 11) is 1.50. The van der Waals surface area contributed by atoms with Gasteiger partial charge in [0, 0.05) is 31.8 Å². The smallest absolute Gasteiger partial charge is 0.389 e. The standard InChI is InChI=1S/C20H20F3N5O3/c1-31-13-5-8-24-17(10-13)26-19(30)28-12-6-9-27(11-12)15-3-2-14(25-18(15)28)16(29)4-7-20(21,22)23/h2-3,5,8,10,12H,4,6-7,9,11H2,1H3,(H,24,26,30)/t12-/m0/s1. The van der Waals surface area contributed by atoms with Gasteiger partial charge in [0.2, 0.25) is 0 Å². The van der Waals surface area contributed by atoms with E-state index in [4.69, 9.17) is 4.74 Å². The Hall–Kier alpha value is -3.37. The van der Waals surface area contributed by atoms with Gasteiger partial charge in [-0.2, -0.15) is 13.2 Å². The van der Waals surface area contributed by atoms with Gasteiger partial charge in [-0.05, 0) is 24.6 Å². The van der Waals surface area contributed by atoms with Gasteiger partial charge in [0.15, 0.2) is 11.6 Å². The summed E-state index contributed by atoms with van der Waals surface area (Å²) in [6, 6.07) is 5.59. The van der Waals surface area contributed by atoms with Crippen LogP contribution in [0.1, 0.15) is 29.8 Å². The molecular weight excluding hydrogens is 415 g/mol. The van der Waals surface area contributed by atoms with Crippen molar-refractivity contribution in [2.45, 2.75) is 31.5 Å². The Morgan fingerprint density at radius 3 is 2.84 bits per heavy atom. The van der Waals surface area contributed by atoms with E-state index in [1.165, 1.54) is 24.3 Å². The zero-order valence-electron chi connectivity index (χ0n) is 16.6. The van der Waals surface area contributed by atoms with Crippen molar-refractivity contribution in [1.29, 1.82) is 0 Å². The summed E-state index contributed by atoms with van der Waals surface area (Å²) in [6.45, 7) is 1.32. The van der Waals surface area contributed by atoms with Gasteiger partial charge in [-0.15, -0.1) is 0 Å². The van der Waals surface area contributed by atoms with Crippen LogP contribution in [0.2, 0.25) is 0 Å². The van der Waals surface area contributed by atoms with Gasteiger partial charge in [0.25, 0.3) is 0 Å². The Bertz CT molecular complexity index is 1010. The van der Waals surface area contributed by atoms with Crippen molar-refractivity contribution < 1.29 is 27.5 Å². The van der Waals surface area contributed by atoms with Gasteiger partial charge >= 0.3 is 12.2 Å². The molecule has 31 heavy (non-hydrogen) atoms. The number of carbonyl (C=O) groups excluding carboxylic acids is 2. The first-order valence-corrected chi connectivity index (χ1v) is 9.71. The summed E-state index contributed by atoms with van der Waals surface area (Å²) in [5, 5.41) is 2.71. The summed E-state index contributed by atoms with van der Waals surface area (Å²) < 4.78 is 42.6. The molecular formula is C20H20F3N5O3. The highest BCUT2D eigenvalue weighted by Crippen LogP contribution is 2.39. The van der Waals surface area contributed by atoms with Crippen molar-refractivity contribution in [2.24, 2.45) is 0 Å². The largest absolute Gasteiger partial charge is 0.497 e. The minimum absolute atomic E-state index is 0.0946. The molecule has 1 atom stereocenters. The molecule has 2 aliphatic rings. The number of fused-ring (bicyclic) bond motifs is 4. The topological polar surface area (TPSA) is 87.7 Å². The third kappa shape index (κ3) is 4.39. The summed E-state index contributed by atoms with van der Waals surface area (Å²) >= 11 is 0. The second-order valence-electron chi connectivity index (χ2n) is 7.35. The first-order valence-electron chi connectivity index (χ1n) is 9.71. The van der Waals surface area contributed by atoms with Crippen LogP contribution in [0.15, 0.2) is 30.5 Å². The highest BCUT2D eigenvalue weighted by atomic mass is 19.4. The number of ketones is 1. The molecule has 4 rings (SSSR count). The first kappa shape index (κ1) is 20.9. The van der Waals surface area contributed by atoms with Crippen molar-refractivity contribution in [3.63, 3.8) is 0 Å². The van der Waals surface area contributed by atoms with Gasteiger partial charge in [-0.3, -0.25) is 15.0 Å². The van der Waals surface area contributed by atoms with E-state index in [0.717, 1.165) is 0 Å². The number of nitrogens with zero attached hydrogens (tertiary/aromatic N) is 4. The van der Waals surface area contributed by atoms with Crippen LogP contribution in [-0.4, -0.2) is 54.2 Å². The van der Waals surface area contributed by atoms with Gasteiger partial charge < -0.3 is 9.64 Å². The highest BCUT2D eigenvalue weighted by Gasteiger charge is 2.40. The maximum atomic E-state index is 13.1. The highest BCUT2D eigenvalue weighted by molar-refractivity contribution is 6.05. The number of amides is 2. The monoisotopic (exact) mass is 435 g/mol. The Morgan fingerprint density at radius 1 is 1.29 bits per heavy atom. The molecule has 1 saturated heterocycles. The Labute approximate surface area is 176 Å². The van der Waals surface area contributed by atoms with Crippen LogP contribution < -0.4 is 19.9 Å². The van der Waals surface area contributed by atoms with Crippen molar-refractivity contribution in [2.75, 3.05) is 35.3 Å². The van der Waals surface area contributed by atoms with Crippen LogP contribution in [0, 0.1) is 0 Å². The minimum Gasteiger partial charge on any atom is -0.497 e. The van der Waals surface area contributed by atoms with E-state index >= 15 is 0 Å². The normalized spacial score (nSPS) is 17.4. The second-order valence-corrected chi connectivity index (χ2v) is 7.35. The van der Waals surface area contributed by atoms with E-state index in [9.17, 15) is 22.8 Å². The quantitative estimate of drug-likeness (QED) is 0.722. The number of alkyl halides is 3. The van der Waals surface area contributed by atoms with Crippen LogP contribution in [0.25, 0.3) is 0 Å². The molecule has 2 aliphatic heterocycles. The number of rotatable bonds is 5. The van der Waals surface area contributed by atoms with Crippen LogP contribution in [0.3, 0.4) is 0 Å². The number of hydrogen-bond donors (Lipinski definition) is 1. The lowest BCUT2D eigenvalue weighted by Gasteiger charge is -2.35. The number of pyridine rings is 2. The summed E-state index contributed by atoms with van der Waals surface area (Å²) in [5.41, 5.74) is 0.567. The third-order valence-electron chi connectivity index (χ3n) is 5.29. The molecule has 0 unspecified atom stereocenters. The number of ether oxygens (including phenoxy) is 1. The van der Waals surface area contributed by atoms with Gasteiger partial charge in [-0.25, -0.2) is 14.8 Å². The number of aromatic nitrogens is 2. The first-order chi connectivity index (χ1) is 14.7. The molecule has 1 N–H and O–H groups in total. The van der Waals surface area contributed by atoms with Crippen molar-refractivity contribution in [3.05, 3.63) is 36.2 Å². The Balaban J connectivity index is 1.61. The number of nitrogens with one attached hydrogen (secondary N) is 1. The second kappa shape index (κ2) is 8.05. The van der Waals surface area contributed by atoms with Crippen LogP contribution in [0.4, 0.5) is 35.3 Å². The number of carbonyl (C=O) groups is 2. The van der Waals surface area contributed by atoms with Gasteiger partial charge in [0.05, 0.1) is 25.3 Å². The average molecular weight is 435 g/mol. The molecule has 11 heteroatoms. The zero-order chi connectivity index (χ0) is 22.2. The van der Waals surface area contributed by atoms with Crippen molar-refractivity contribution in [3.8, 4) is 5.75 Å². The number of methoxy groups -OCH3 is 1. The van der Waals surface area contributed by atoms with Crippen molar-refractivity contribution in [1.82, 2.24) is 9.97 Å². The maximum absolute atomic E-state index is 13.1. The average Bonchev–Trinajstić information content (AvgIpc) is 3.15. The van der Waals surface area contributed by atoms with Crippen LogP contribution >= 0.6 is 0 Å². The fourth-order valence-corrected chi connectivity index (χ4v) is 3.79. The lowest BCUT2D eigenvalue weighted by atomic mass is 10.1. The molecule has 0 aromatic carbocycles. The van der Waals surface area contributed by atoms with E-state index in [1.807, 2.05) is 4.90 Å². The predicted molar refractivity (Wildman–Crippen MR) is 107 cm³/mol. The number of Topliss-reactive ketones (excluding diaryl/α,β-unsaturated/α-hetero) is 1. The Morgan fingerprint density at radius 2 is 2.10 bits per heavy atom. The molecule has 2 amide bonds. The van der Waals surface area contributed by atoms with Gasteiger partial charge in [0.1, 0.15) is 17.3 Å². The van der Waals surface area contributed by atoms with Gasteiger partial charge in [-0.1, -0.05) is 0 Å². The maximum Gasteiger partial charge on any atom is 0.389 e. The number of urea groups is 1.